The first-order chi connectivity index (χ1) is 10.5. The number of hydrogen-bond donors (Lipinski definition) is 2. The van der Waals surface area contributed by atoms with Gasteiger partial charge < -0.3 is 9.73 Å². The van der Waals surface area contributed by atoms with E-state index in [-0.39, 0.29) is 16.7 Å². The molecule has 2 N–H and O–H groups in total. The summed E-state index contributed by atoms with van der Waals surface area (Å²) in [5, 5.41) is 11.4. The molecule has 22 heavy (non-hydrogen) atoms. The quantitative estimate of drug-likeness (QED) is 0.833. The molecule has 2 aromatic rings. The van der Waals surface area contributed by atoms with Crippen molar-refractivity contribution in [2.75, 3.05) is 7.05 Å². The molecule has 0 bridgehead atoms. The predicted molar refractivity (Wildman–Crippen MR) is 77.6 cm³/mol. The molecular weight excluding hydrogens is 311 g/mol. The monoisotopic (exact) mass is 324 g/mol. The van der Waals surface area contributed by atoms with Crippen LogP contribution in [0.3, 0.4) is 0 Å². The van der Waals surface area contributed by atoms with Gasteiger partial charge in [-0.1, -0.05) is 23.9 Å². The van der Waals surface area contributed by atoms with Crippen LogP contribution in [-0.4, -0.2) is 34.4 Å². The number of carbonyl (C=O) groups excluding carboxylic acids is 2. The second-order valence-corrected chi connectivity index (χ2v) is 5.47. The van der Waals surface area contributed by atoms with Crippen LogP contribution in [0, 0.1) is 5.82 Å². The molecule has 9 heteroatoms. The zero-order valence-electron chi connectivity index (χ0n) is 11.8. The number of hydrogen-bond acceptors (Lipinski definition) is 6. The number of rotatable bonds is 4. The topological polar surface area (TPSA) is 97.1 Å². The van der Waals surface area contributed by atoms with Crippen LogP contribution >= 0.6 is 11.8 Å². The molecular formula is C13H13FN4O3S. The maximum absolute atomic E-state index is 13.6. The molecule has 3 amide bonds. The van der Waals surface area contributed by atoms with Crippen LogP contribution in [0.15, 0.2) is 33.9 Å². The minimum atomic E-state index is -0.633. The van der Waals surface area contributed by atoms with E-state index in [0.717, 1.165) is 11.8 Å². The summed E-state index contributed by atoms with van der Waals surface area (Å²) in [4.78, 5) is 22.8. The number of benzene rings is 1. The van der Waals surface area contributed by atoms with Crippen molar-refractivity contribution >= 4 is 23.7 Å². The van der Waals surface area contributed by atoms with Gasteiger partial charge >= 0.3 is 6.03 Å². The lowest BCUT2D eigenvalue weighted by atomic mass is 10.2. The van der Waals surface area contributed by atoms with E-state index in [2.05, 4.69) is 20.8 Å². The van der Waals surface area contributed by atoms with Gasteiger partial charge in [-0.3, -0.25) is 10.1 Å². The Bertz CT molecular complexity index is 691. The van der Waals surface area contributed by atoms with Gasteiger partial charge in [0.1, 0.15) is 5.82 Å². The number of nitrogens with one attached hydrogen (secondary N) is 2. The van der Waals surface area contributed by atoms with E-state index in [1.807, 2.05) is 0 Å². The summed E-state index contributed by atoms with van der Waals surface area (Å²) in [5.41, 5.74) is 0.185. The van der Waals surface area contributed by atoms with Gasteiger partial charge in [0.25, 0.3) is 11.1 Å². The van der Waals surface area contributed by atoms with Gasteiger partial charge in [-0.15, -0.1) is 10.2 Å². The van der Waals surface area contributed by atoms with Crippen molar-refractivity contribution in [3.8, 4) is 11.5 Å². The lowest BCUT2D eigenvalue weighted by molar-refractivity contribution is -0.119. The number of thioether (sulfide) groups is 1. The third-order valence-corrected chi connectivity index (χ3v) is 3.56. The summed E-state index contributed by atoms with van der Waals surface area (Å²) in [7, 11) is 1.40. The number of urea groups is 1. The van der Waals surface area contributed by atoms with Gasteiger partial charge in [0, 0.05) is 7.05 Å². The minimum absolute atomic E-state index is 0.0273. The Morgan fingerprint density at radius 1 is 1.32 bits per heavy atom. The Kier molecular flexibility index (Phi) is 5.10. The molecule has 0 fully saturated rings. The maximum Gasteiger partial charge on any atom is 0.321 e. The fourth-order valence-corrected chi connectivity index (χ4v) is 2.17. The number of carbonyl (C=O) groups is 2. The number of nitrogens with zero attached hydrogens (tertiary/aromatic N) is 2. The average Bonchev–Trinajstić information content (AvgIpc) is 2.95. The molecule has 0 aliphatic rings. The summed E-state index contributed by atoms with van der Waals surface area (Å²) in [6.07, 6.45) is 0. The lowest BCUT2D eigenvalue weighted by Crippen LogP contribution is -2.41. The average molecular weight is 324 g/mol. The standard InChI is InChI=1S/C13H13FN4O3S/c1-7(10(19)16-12(20)15-2)22-13-18-17-11(21-13)8-5-3-4-6-9(8)14/h3-7H,1-2H3,(H2,15,16,19,20)/t7-/m1/s1. The third-order valence-electron chi connectivity index (χ3n) is 2.62. The molecule has 1 aromatic carbocycles. The van der Waals surface area contributed by atoms with Crippen molar-refractivity contribution in [1.29, 1.82) is 0 Å². The fourth-order valence-electron chi connectivity index (χ4n) is 1.48. The van der Waals surface area contributed by atoms with E-state index >= 15 is 0 Å². The molecule has 0 unspecified atom stereocenters. The molecule has 0 radical (unpaired) electrons. The zero-order chi connectivity index (χ0) is 16.1. The molecule has 2 rings (SSSR count). The first-order valence-corrected chi connectivity index (χ1v) is 7.17. The summed E-state index contributed by atoms with van der Waals surface area (Å²) in [5.74, 6) is -0.956. The van der Waals surface area contributed by atoms with E-state index in [0.29, 0.717) is 0 Å². The van der Waals surface area contributed by atoms with Crippen molar-refractivity contribution in [2.45, 2.75) is 17.4 Å². The first kappa shape index (κ1) is 16.0. The number of aromatic nitrogens is 2. The SMILES string of the molecule is CNC(=O)NC(=O)[C@@H](C)Sc1nnc(-c2ccccc2F)o1. The molecule has 1 heterocycles. The van der Waals surface area contributed by atoms with Crippen molar-refractivity contribution in [2.24, 2.45) is 0 Å². The van der Waals surface area contributed by atoms with Crippen LogP contribution in [-0.2, 0) is 4.79 Å². The van der Waals surface area contributed by atoms with Crippen LogP contribution in [0.2, 0.25) is 0 Å². The fraction of sp³-hybridized carbons (Fsp3) is 0.231. The van der Waals surface area contributed by atoms with Crippen molar-refractivity contribution in [1.82, 2.24) is 20.8 Å². The largest absolute Gasteiger partial charge is 0.411 e. The van der Waals surface area contributed by atoms with E-state index < -0.39 is 23.0 Å². The van der Waals surface area contributed by atoms with Gasteiger partial charge in [0.2, 0.25) is 5.91 Å². The zero-order valence-corrected chi connectivity index (χ0v) is 12.6. The Hall–Kier alpha value is -2.42. The van der Waals surface area contributed by atoms with Crippen LogP contribution in [0.5, 0.6) is 0 Å². The van der Waals surface area contributed by atoms with Crippen molar-refractivity contribution < 1.29 is 18.4 Å². The van der Waals surface area contributed by atoms with Gasteiger partial charge in [-0.05, 0) is 19.1 Å². The maximum atomic E-state index is 13.6. The summed E-state index contributed by atoms with van der Waals surface area (Å²) in [6, 6.07) is 5.39. The Balaban J connectivity index is 2.05. The van der Waals surface area contributed by atoms with Gasteiger partial charge in [0.15, 0.2) is 0 Å². The molecule has 116 valence electrons. The van der Waals surface area contributed by atoms with Gasteiger partial charge in [-0.2, -0.15) is 0 Å². The molecule has 1 atom stereocenters. The van der Waals surface area contributed by atoms with Crippen LogP contribution in [0.25, 0.3) is 11.5 Å². The molecule has 0 saturated heterocycles. The molecule has 0 aliphatic heterocycles. The van der Waals surface area contributed by atoms with Crippen molar-refractivity contribution in [3.63, 3.8) is 0 Å². The lowest BCUT2D eigenvalue weighted by Gasteiger charge is -2.07. The Labute approximate surface area is 129 Å². The van der Waals surface area contributed by atoms with Crippen LogP contribution < -0.4 is 10.6 Å². The number of halogens is 1. The predicted octanol–water partition coefficient (Wildman–Crippen LogP) is 1.81. The van der Waals surface area contributed by atoms with E-state index in [4.69, 9.17) is 4.42 Å². The molecule has 0 aliphatic carbocycles. The first-order valence-electron chi connectivity index (χ1n) is 6.29. The minimum Gasteiger partial charge on any atom is -0.411 e. The molecule has 0 saturated carbocycles. The van der Waals surface area contributed by atoms with Crippen molar-refractivity contribution in [3.05, 3.63) is 30.1 Å². The van der Waals surface area contributed by atoms with E-state index in [1.165, 1.54) is 19.2 Å². The highest BCUT2D eigenvalue weighted by molar-refractivity contribution is 8.00. The van der Waals surface area contributed by atoms with Gasteiger partial charge in [0.05, 0.1) is 10.8 Å². The summed E-state index contributed by atoms with van der Waals surface area (Å²) < 4.78 is 18.9. The highest BCUT2D eigenvalue weighted by atomic mass is 32.2. The van der Waals surface area contributed by atoms with E-state index in [9.17, 15) is 14.0 Å². The summed E-state index contributed by atoms with van der Waals surface area (Å²) in [6.45, 7) is 1.58. The van der Waals surface area contributed by atoms with Crippen LogP contribution in [0.1, 0.15) is 6.92 Å². The second-order valence-electron chi connectivity index (χ2n) is 4.18. The van der Waals surface area contributed by atoms with Crippen LogP contribution in [0.4, 0.5) is 9.18 Å². The smallest absolute Gasteiger partial charge is 0.321 e. The Morgan fingerprint density at radius 3 is 2.73 bits per heavy atom. The molecule has 7 nitrogen and oxygen atoms in total. The number of amides is 3. The molecule has 0 spiro atoms. The third kappa shape index (κ3) is 3.82. The normalized spacial score (nSPS) is 11.8. The number of imide groups is 1. The second kappa shape index (κ2) is 7.03. The summed E-state index contributed by atoms with van der Waals surface area (Å²) >= 11 is 0.971. The Morgan fingerprint density at radius 2 is 2.05 bits per heavy atom. The molecule has 1 aromatic heterocycles. The van der Waals surface area contributed by atoms with E-state index in [1.54, 1.807) is 19.1 Å². The van der Waals surface area contributed by atoms with Gasteiger partial charge in [-0.25, -0.2) is 9.18 Å². The highest BCUT2D eigenvalue weighted by Crippen LogP contribution is 2.27. The highest BCUT2D eigenvalue weighted by Gasteiger charge is 2.20.